The maximum atomic E-state index is 14.5. The first-order valence-electron chi connectivity index (χ1n) is 16.1. The predicted molar refractivity (Wildman–Crippen MR) is 193 cm³/mol. The van der Waals surface area contributed by atoms with Crippen LogP contribution >= 0.6 is 22.7 Å². The average molecular weight is 690 g/mol. The molecule has 0 radical (unpaired) electrons. The van der Waals surface area contributed by atoms with Gasteiger partial charge in [0.1, 0.15) is 28.6 Å². The molecule has 0 spiro atoms. The highest BCUT2D eigenvalue weighted by molar-refractivity contribution is 7.15. The number of hydrogen-bond donors (Lipinski definition) is 1. The molecule has 9 nitrogen and oxygen atoms in total. The molecular weight excluding hydrogens is 655 g/mol. The van der Waals surface area contributed by atoms with Gasteiger partial charge in [-0.25, -0.2) is 4.99 Å². The summed E-state index contributed by atoms with van der Waals surface area (Å²) in [6.45, 7) is 5.85. The highest BCUT2D eigenvalue weighted by Crippen LogP contribution is 2.39. The Kier molecular flexibility index (Phi) is 8.61. The Morgan fingerprint density at radius 3 is 2.55 bits per heavy atom. The van der Waals surface area contributed by atoms with Crippen LogP contribution in [-0.4, -0.2) is 29.3 Å². The first-order chi connectivity index (χ1) is 23.7. The number of methoxy groups -OCH3 is 2. The van der Waals surface area contributed by atoms with Crippen LogP contribution in [0.15, 0.2) is 75.7 Å². The zero-order valence-electron chi connectivity index (χ0n) is 27.9. The van der Waals surface area contributed by atoms with Gasteiger partial charge in [-0.15, -0.1) is 11.3 Å². The van der Waals surface area contributed by atoms with E-state index >= 15 is 0 Å². The molecule has 2 aliphatic rings. The molecular formula is C38H35N5O4S2. The highest BCUT2D eigenvalue weighted by atomic mass is 32.1. The number of hydrogen-bond acceptors (Lipinski definition) is 8. The number of para-hydroxylation sites is 1. The summed E-state index contributed by atoms with van der Waals surface area (Å²) in [6, 6.07) is 18.3. The summed E-state index contributed by atoms with van der Waals surface area (Å²) in [5.41, 5.74) is 6.62. The van der Waals surface area contributed by atoms with Crippen molar-refractivity contribution in [1.29, 1.82) is 5.26 Å². The quantitative estimate of drug-likeness (QED) is 0.222. The van der Waals surface area contributed by atoms with Crippen LogP contribution in [-0.2, 0) is 17.6 Å². The van der Waals surface area contributed by atoms with Crippen LogP contribution < -0.4 is 29.7 Å². The number of carbonyl (C=O) groups excluding carboxylic acids is 1. The van der Waals surface area contributed by atoms with Gasteiger partial charge in [-0.05, 0) is 94.0 Å². The van der Waals surface area contributed by atoms with Crippen molar-refractivity contribution in [2.45, 2.75) is 52.5 Å². The third-order valence-corrected chi connectivity index (χ3v) is 11.5. The topological polar surface area (TPSA) is 111 Å². The number of aryl methyl sites for hydroxylation is 2. The fraction of sp³-hybridized carbons (Fsp3) is 0.263. The van der Waals surface area contributed by atoms with Crippen LogP contribution in [0.3, 0.4) is 0 Å². The SMILES string of the molecule is COc1ccc(C2C(C(=O)Nc3ccccc3)=C(C)N=c3s/c(=C\c4cc(C)n(-c5sc6c(c5C#N)CCCC6)c4C)c(=O)n32)c(OC)c1. The van der Waals surface area contributed by atoms with Gasteiger partial charge >= 0.3 is 0 Å². The van der Waals surface area contributed by atoms with Crippen LogP contribution in [0, 0.1) is 25.2 Å². The number of thiazole rings is 1. The van der Waals surface area contributed by atoms with Gasteiger partial charge in [0.05, 0.1) is 35.6 Å². The van der Waals surface area contributed by atoms with Crippen LogP contribution in [0.2, 0.25) is 0 Å². The molecule has 49 heavy (non-hydrogen) atoms. The van der Waals surface area contributed by atoms with E-state index in [-0.39, 0.29) is 11.5 Å². The minimum Gasteiger partial charge on any atom is -0.497 e. The van der Waals surface area contributed by atoms with Crippen LogP contribution in [0.4, 0.5) is 5.69 Å². The van der Waals surface area contributed by atoms with E-state index in [1.54, 1.807) is 49.2 Å². The lowest BCUT2D eigenvalue weighted by molar-refractivity contribution is -0.113. The van der Waals surface area contributed by atoms with Gasteiger partial charge in [0.25, 0.3) is 11.5 Å². The molecule has 1 atom stereocenters. The number of nitrogens with one attached hydrogen (secondary N) is 1. The van der Waals surface area contributed by atoms with Crippen molar-refractivity contribution in [3.05, 3.63) is 124 Å². The molecule has 248 valence electrons. The standard InChI is InChI=1S/C38H35N5O4S2/c1-21-17-24(23(3)42(21)37-29(20-39)27-13-9-10-14-31(27)48-37)18-32-36(45)43-34(28-16-15-26(46-4)19-30(28)47-5)33(22(2)40-38(43)49-32)35(44)41-25-11-7-6-8-12-25/h6-8,11-12,15-19,34H,9-10,13-14H2,1-5H3,(H,41,44)/b32-18-. The lowest BCUT2D eigenvalue weighted by Gasteiger charge is -2.26. The number of nitrogens with zero attached hydrogens (tertiary/aromatic N) is 4. The fourth-order valence-electron chi connectivity index (χ4n) is 6.88. The molecule has 0 fully saturated rings. The second-order valence-corrected chi connectivity index (χ2v) is 14.3. The smallest absolute Gasteiger partial charge is 0.271 e. The molecule has 0 saturated carbocycles. The number of rotatable bonds is 7. The normalized spacial score (nSPS) is 15.7. The van der Waals surface area contributed by atoms with E-state index in [0.717, 1.165) is 53.2 Å². The van der Waals surface area contributed by atoms with Crippen molar-refractivity contribution in [3.8, 4) is 22.6 Å². The third kappa shape index (κ3) is 5.61. The summed E-state index contributed by atoms with van der Waals surface area (Å²) in [5, 5.41) is 14.1. The summed E-state index contributed by atoms with van der Waals surface area (Å²) in [5.74, 6) is 0.708. The minimum absolute atomic E-state index is 0.266. The Labute approximate surface area is 291 Å². The fourth-order valence-corrected chi connectivity index (χ4v) is 9.37. The van der Waals surface area contributed by atoms with Gasteiger partial charge in [-0.1, -0.05) is 29.5 Å². The second kappa shape index (κ2) is 13.0. The van der Waals surface area contributed by atoms with E-state index in [2.05, 4.69) is 22.0 Å². The van der Waals surface area contributed by atoms with Crippen molar-refractivity contribution in [2.24, 2.45) is 4.99 Å². The third-order valence-electron chi connectivity index (χ3n) is 9.26. The number of nitriles is 1. The number of carbonyl (C=O) groups is 1. The summed E-state index contributed by atoms with van der Waals surface area (Å²) < 4.78 is 15.5. The summed E-state index contributed by atoms with van der Waals surface area (Å²) in [4.78, 5) is 35.1. The van der Waals surface area contributed by atoms with Crippen molar-refractivity contribution < 1.29 is 14.3 Å². The highest BCUT2D eigenvalue weighted by Gasteiger charge is 2.34. The van der Waals surface area contributed by atoms with E-state index in [1.165, 1.54) is 21.8 Å². The van der Waals surface area contributed by atoms with E-state index < -0.39 is 6.04 Å². The Morgan fingerprint density at radius 1 is 1.04 bits per heavy atom. The van der Waals surface area contributed by atoms with Gasteiger partial charge in [-0.3, -0.25) is 14.2 Å². The van der Waals surface area contributed by atoms with Crippen molar-refractivity contribution in [1.82, 2.24) is 9.13 Å². The summed E-state index contributed by atoms with van der Waals surface area (Å²) in [6.07, 6.45) is 6.09. The van der Waals surface area contributed by atoms with Gasteiger partial charge in [0.2, 0.25) is 0 Å². The number of aromatic nitrogens is 2. The van der Waals surface area contributed by atoms with Gasteiger partial charge < -0.3 is 19.4 Å². The monoisotopic (exact) mass is 689 g/mol. The molecule has 5 aromatic rings. The Bertz CT molecular complexity index is 2390. The molecule has 0 saturated heterocycles. The Morgan fingerprint density at radius 2 is 1.82 bits per heavy atom. The van der Waals surface area contributed by atoms with Crippen molar-refractivity contribution in [3.63, 3.8) is 0 Å². The second-order valence-electron chi connectivity index (χ2n) is 12.2. The summed E-state index contributed by atoms with van der Waals surface area (Å²) >= 11 is 2.99. The molecule has 11 heteroatoms. The number of ether oxygens (including phenoxy) is 2. The van der Waals surface area contributed by atoms with Crippen LogP contribution in [0.5, 0.6) is 11.5 Å². The molecule has 1 aliphatic heterocycles. The molecule has 1 aliphatic carbocycles. The maximum Gasteiger partial charge on any atom is 0.271 e. The summed E-state index contributed by atoms with van der Waals surface area (Å²) in [7, 11) is 3.13. The zero-order chi connectivity index (χ0) is 34.4. The number of amides is 1. The number of allylic oxidation sites excluding steroid dienone is 1. The molecule has 1 amide bonds. The van der Waals surface area contributed by atoms with Crippen LogP contribution in [0.25, 0.3) is 11.1 Å². The number of fused-ring (bicyclic) bond motifs is 2. The van der Waals surface area contributed by atoms with E-state index in [9.17, 15) is 14.9 Å². The predicted octanol–water partition coefficient (Wildman–Crippen LogP) is 6.11. The maximum absolute atomic E-state index is 14.5. The van der Waals surface area contributed by atoms with E-state index in [1.807, 2.05) is 56.3 Å². The van der Waals surface area contributed by atoms with Gasteiger partial charge in [0, 0.05) is 33.6 Å². The lowest BCUT2D eigenvalue weighted by Crippen LogP contribution is -2.40. The first kappa shape index (κ1) is 32.4. The molecule has 1 unspecified atom stereocenters. The number of benzene rings is 2. The molecule has 1 N–H and O–H groups in total. The molecule has 7 rings (SSSR count). The van der Waals surface area contributed by atoms with Crippen molar-refractivity contribution in [2.75, 3.05) is 19.5 Å². The largest absolute Gasteiger partial charge is 0.497 e. The Balaban J connectivity index is 1.38. The molecule has 4 heterocycles. The van der Waals surface area contributed by atoms with E-state index in [4.69, 9.17) is 14.5 Å². The molecule has 3 aromatic heterocycles. The van der Waals surface area contributed by atoms with E-state index in [0.29, 0.717) is 43.4 Å². The number of thiophene rings is 1. The van der Waals surface area contributed by atoms with Gasteiger partial charge in [0.15, 0.2) is 4.80 Å². The Hall–Kier alpha value is -5.18. The number of anilines is 1. The van der Waals surface area contributed by atoms with Gasteiger partial charge in [-0.2, -0.15) is 5.26 Å². The molecule has 2 aromatic carbocycles. The average Bonchev–Trinajstić information content (AvgIpc) is 3.72. The molecule has 0 bridgehead atoms. The lowest BCUT2D eigenvalue weighted by atomic mass is 9.94. The minimum atomic E-state index is -0.814. The van der Waals surface area contributed by atoms with Crippen LogP contribution in [0.1, 0.15) is 64.3 Å². The first-order valence-corrected chi connectivity index (χ1v) is 17.7. The zero-order valence-corrected chi connectivity index (χ0v) is 29.6. The van der Waals surface area contributed by atoms with Crippen molar-refractivity contribution >= 4 is 40.3 Å².